The molecule has 2 atom stereocenters. The molecule has 4 aliphatic rings. The van der Waals surface area contributed by atoms with E-state index in [-0.39, 0.29) is 95.8 Å². The summed E-state index contributed by atoms with van der Waals surface area (Å²) >= 11 is 0. The van der Waals surface area contributed by atoms with Gasteiger partial charge in [0.1, 0.15) is 23.6 Å². The number of aliphatic carboxylic acids is 1. The SMILES string of the molecule is CC(C)NC(=O)c1cnc2ccc(CCCCCCCCCCCN)cc2c1Nc1ccccc1.CC(C)NC(=O)c1cnc2ccc(CCCCCCCCCCCNC(=O)COc3cccc4c3C(=O)N(C3CCC(=O)NC3=O)C4=O)cc2c1Nc1ccccc1.O=C(O)COc1cccc2c1C(=O)N(C1CCC(=O)NC1=O)C2=O. The molecule has 8 aromatic rings. The van der Waals surface area contributed by atoms with Crippen LogP contribution in [0.4, 0.5) is 22.7 Å². The molecule has 0 bridgehead atoms. The molecule has 0 aliphatic carbocycles. The number of anilines is 4. The molecule has 0 saturated carbocycles. The van der Waals surface area contributed by atoms with Crippen LogP contribution in [0.5, 0.6) is 11.5 Å². The molecule has 0 spiro atoms. The normalized spacial score (nSPS) is 14.9. The Balaban J connectivity index is 0.000000206. The molecule has 6 aromatic carbocycles. The Morgan fingerprint density at radius 3 is 1.26 bits per heavy atom. The fraction of sp³-hybridized carbons (Fsp3) is 0.400. The summed E-state index contributed by atoms with van der Waals surface area (Å²) in [5, 5.41) is 30.7. The van der Waals surface area contributed by atoms with Gasteiger partial charge < -0.3 is 46.9 Å². The summed E-state index contributed by atoms with van der Waals surface area (Å²) in [6, 6.07) is 39.3. The lowest BCUT2D eigenvalue weighted by molar-refractivity contribution is -0.139. The van der Waals surface area contributed by atoms with Gasteiger partial charge in [0.25, 0.3) is 41.4 Å². The van der Waals surface area contributed by atoms with E-state index < -0.39 is 71.9 Å². The zero-order valence-electron chi connectivity index (χ0n) is 67.0. The van der Waals surface area contributed by atoms with Gasteiger partial charge in [-0.2, -0.15) is 0 Å². The maximum absolute atomic E-state index is 13.2. The highest BCUT2D eigenvalue weighted by atomic mass is 16.5. The summed E-state index contributed by atoms with van der Waals surface area (Å²) in [4.78, 5) is 159. The number of hydrogen-bond donors (Lipinski definition) is 9. The van der Waals surface area contributed by atoms with Crippen molar-refractivity contribution in [3.63, 3.8) is 0 Å². The molecule has 2 saturated heterocycles. The van der Waals surface area contributed by atoms with Crippen molar-refractivity contribution in [3.05, 3.63) is 190 Å². The molecule has 2 unspecified atom stereocenters. The number of rotatable bonds is 39. The first-order valence-electron chi connectivity index (χ1n) is 40.8. The molecular weight excluding hydrogens is 1490 g/mol. The topological polar surface area (TPSA) is 386 Å². The minimum Gasteiger partial charge on any atom is -0.483 e. The minimum atomic E-state index is -1.23. The van der Waals surface area contributed by atoms with E-state index in [1.54, 1.807) is 18.5 Å². The van der Waals surface area contributed by atoms with E-state index in [4.69, 9.17) is 20.3 Å². The molecule has 27 heteroatoms. The Hall–Kier alpha value is -12.3. The highest BCUT2D eigenvalue weighted by Crippen LogP contribution is 2.38. The van der Waals surface area contributed by atoms with Crippen LogP contribution in [0.2, 0.25) is 0 Å². The average molecular weight is 1600 g/mol. The number of hydrogen-bond acceptors (Lipinski definition) is 19. The number of para-hydroxylation sites is 2. The van der Waals surface area contributed by atoms with Gasteiger partial charge in [-0.3, -0.25) is 83.1 Å². The van der Waals surface area contributed by atoms with E-state index in [1.807, 2.05) is 94.4 Å². The monoisotopic (exact) mass is 1590 g/mol. The van der Waals surface area contributed by atoms with Gasteiger partial charge in [-0.05, 0) is 170 Å². The predicted molar refractivity (Wildman–Crippen MR) is 446 cm³/mol. The van der Waals surface area contributed by atoms with Gasteiger partial charge in [-0.15, -0.1) is 0 Å². The van der Waals surface area contributed by atoms with Crippen LogP contribution in [0.25, 0.3) is 21.8 Å². The van der Waals surface area contributed by atoms with Crippen molar-refractivity contribution >= 4 is 116 Å². The molecule has 6 heterocycles. The molecule has 4 aliphatic heterocycles. The fourth-order valence-corrected chi connectivity index (χ4v) is 14.6. The molecule has 616 valence electrons. The van der Waals surface area contributed by atoms with E-state index in [2.05, 4.69) is 77.5 Å². The van der Waals surface area contributed by atoms with Crippen LogP contribution in [-0.2, 0) is 41.6 Å². The minimum absolute atomic E-state index is 0.00675. The summed E-state index contributed by atoms with van der Waals surface area (Å²) in [6.45, 7) is 8.17. The Bertz CT molecular complexity index is 4900. The number of fused-ring (bicyclic) bond motifs is 4. The second kappa shape index (κ2) is 43.5. The summed E-state index contributed by atoms with van der Waals surface area (Å²) in [7, 11) is 0. The van der Waals surface area contributed by atoms with Crippen LogP contribution in [0.15, 0.2) is 146 Å². The van der Waals surface area contributed by atoms with Gasteiger partial charge in [0.05, 0.1) is 55.8 Å². The number of carboxylic acid groups (broad SMARTS) is 1. The standard InChI is InChI=1S/C45H52N6O7.C30H42N4O.C15H12N2O7/c1-29(2)48-42(54)34-27-47-35-22-21-30(26-33(35)41(34)49-31-17-12-10-13-18-31)16-11-8-6-4-3-5-7-9-14-25-46-39(53)28-58-37-20-15-19-32-40(37)45(57)51(44(32)56)36-23-24-38(52)50-43(36)55;1-23(2)33-30(35)27-22-32-28-19-18-24(15-11-8-6-4-3-5-7-9-14-20-31)21-26(28)29(27)34-25-16-12-10-13-17-25;18-10-5-4-8(13(21)16-10)17-14(22)7-2-1-3-9(12(7)15(17)23)24-6-11(19)20/h10,12-13,15,17-22,26-27,29,36H,3-9,11,14,16,23-25,28H2,1-2H3,(H,46,53)(H,47,49)(H,48,54)(H,50,52,55);10,12-13,16-19,21-23H,3-9,11,14-15,20,31H2,1-2H3,(H,32,34)(H,33,35);1-3,8H,4-6H2,(H,19,20)(H,16,18,21). The number of nitrogens with two attached hydrogens (primary N) is 1. The molecule has 2 aromatic heterocycles. The number of unbranched alkanes of at least 4 members (excludes halogenated alkanes) is 16. The van der Waals surface area contributed by atoms with Gasteiger partial charge in [0.2, 0.25) is 23.6 Å². The number of nitrogens with one attached hydrogen (secondary N) is 7. The number of carboxylic acids is 1. The van der Waals surface area contributed by atoms with E-state index in [1.165, 1.54) is 112 Å². The molecular formula is C90H106N12O15. The van der Waals surface area contributed by atoms with Crippen LogP contribution < -0.4 is 52.4 Å². The van der Waals surface area contributed by atoms with Crippen LogP contribution in [-0.4, -0.2) is 146 Å². The maximum atomic E-state index is 13.2. The number of carbonyl (C=O) groups excluding carboxylic acids is 11. The van der Waals surface area contributed by atoms with Gasteiger partial charge >= 0.3 is 5.97 Å². The number of aromatic nitrogens is 2. The van der Waals surface area contributed by atoms with E-state index in [9.17, 15) is 57.5 Å². The van der Waals surface area contributed by atoms with E-state index in [0.29, 0.717) is 17.7 Å². The van der Waals surface area contributed by atoms with Gasteiger partial charge in [0, 0.05) is 66.0 Å². The third-order valence-electron chi connectivity index (χ3n) is 20.5. The lowest BCUT2D eigenvalue weighted by Crippen LogP contribution is -2.54. The predicted octanol–water partition coefficient (Wildman–Crippen LogP) is 13.4. The molecule has 117 heavy (non-hydrogen) atoms. The van der Waals surface area contributed by atoms with Crippen molar-refractivity contribution in [1.82, 2.24) is 46.4 Å². The van der Waals surface area contributed by atoms with Crippen molar-refractivity contribution in [1.29, 1.82) is 0 Å². The smallest absolute Gasteiger partial charge is 0.341 e. The molecule has 12 rings (SSSR count). The maximum Gasteiger partial charge on any atom is 0.341 e. The summed E-state index contributed by atoms with van der Waals surface area (Å²) in [5.41, 5.74) is 14.4. The number of nitrogens with zero attached hydrogens (tertiary/aromatic N) is 4. The lowest BCUT2D eigenvalue weighted by Gasteiger charge is -2.27. The van der Waals surface area contributed by atoms with E-state index in [0.717, 1.165) is 119 Å². The van der Waals surface area contributed by atoms with Crippen molar-refractivity contribution in [2.75, 3.05) is 36.9 Å². The molecule has 2 fully saturated rings. The molecule has 11 amide bonds. The highest BCUT2D eigenvalue weighted by Gasteiger charge is 2.48. The van der Waals surface area contributed by atoms with Crippen molar-refractivity contribution < 1.29 is 72.1 Å². The number of pyridine rings is 2. The first-order valence-corrected chi connectivity index (χ1v) is 40.8. The van der Waals surface area contributed by atoms with Gasteiger partial charge in [0.15, 0.2) is 13.2 Å². The Kier molecular flexibility index (Phi) is 32.4. The lowest BCUT2D eigenvalue weighted by atomic mass is 10.0. The van der Waals surface area contributed by atoms with Gasteiger partial charge in [-0.25, -0.2) is 4.79 Å². The Morgan fingerprint density at radius 1 is 0.479 bits per heavy atom. The number of imide groups is 4. The van der Waals surface area contributed by atoms with Crippen LogP contribution in [0, 0.1) is 0 Å². The van der Waals surface area contributed by atoms with Crippen molar-refractivity contribution in [3.8, 4) is 11.5 Å². The number of carbonyl (C=O) groups is 12. The van der Waals surface area contributed by atoms with Crippen LogP contribution >= 0.6 is 0 Å². The second-order valence-electron chi connectivity index (χ2n) is 30.3. The number of benzene rings is 6. The summed E-state index contributed by atoms with van der Waals surface area (Å²) in [5.74, 6) is -6.80. The third kappa shape index (κ3) is 24.2. The summed E-state index contributed by atoms with van der Waals surface area (Å²) in [6.07, 6.45) is 26.8. The Morgan fingerprint density at radius 2 is 0.872 bits per heavy atom. The summed E-state index contributed by atoms with van der Waals surface area (Å²) < 4.78 is 10.7. The van der Waals surface area contributed by atoms with Crippen molar-refractivity contribution in [2.45, 2.75) is 206 Å². The van der Waals surface area contributed by atoms with Crippen LogP contribution in [0.1, 0.15) is 242 Å². The number of piperidine rings is 2. The zero-order chi connectivity index (χ0) is 83.3. The largest absolute Gasteiger partial charge is 0.483 e. The molecule has 10 N–H and O–H groups in total. The number of amides is 11. The fourth-order valence-electron chi connectivity index (χ4n) is 14.6. The number of aryl methyl sites for hydroxylation is 2. The second-order valence-corrected chi connectivity index (χ2v) is 30.3. The Labute approximate surface area is 681 Å². The average Bonchev–Trinajstić information content (AvgIpc) is 1.34. The molecule has 0 radical (unpaired) electrons. The van der Waals surface area contributed by atoms with Crippen molar-refractivity contribution in [2.24, 2.45) is 5.73 Å². The van der Waals surface area contributed by atoms with Gasteiger partial charge in [-0.1, -0.05) is 151 Å². The third-order valence-corrected chi connectivity index (χ3v) is 20.5. The highest BCUT2D eigenvalue weighted by molar-refractivity contribution is 6.26. The first kappa shape index (κ1) is 87.1. The zero-order valence-corrected chi connectivity index (χ0v) is 67.0. The van der Waals surface area contributed by atoms with E-state index >= 15 is 0 Å². The first-order chi connectivity index (χ1) is 56.6. The molecule has 27 nitrogen and oxygen atoms in total. The number of ether oxygens (including phenoxy) is 2. The quantitative estimate of drug-likeness (QED) is 0.0128. The van der Waals surface area contributed by atoms with Crippen LogP contribution in [0.3, 0.4) is 0 Å².